The van der Waals surface area contributed by atoms with Crippen molar-refractivity contribution in [1.29, 1.82) is 0 Å². The van der Waals surface area contributed by atoms with Crippen LogP contribution in [0.2, 0.25) is 0 Å². The van der Waals surface area contributed by atoms with Crippen molar-refractivity contribution >= 4 is 15.9 Å². The van der Waals surface area contributed by atoms with Crippen LogP contribution in [0.4, 0.5) is 0 Å². The molecule has 0 spiro atoms. The highest BCUT2D eigenvalue weighted by Crippen LogP contribution is 2.29. The first kappa shape index (κ1) is 13.2. The highest BCUT2D eigenvalue weighted by molar-refractivity contribution is 9.10. The Balaban J connectivity index is 3.18. The van der Waals surface area contributed by atoms with Crippen LogP contribution in [0.25, 0.3) is 20.9 Å². The molecule has 0 radical (unpaired) electrons. The largest absolute Gasteiger partial charge is 0.497 e. The summed E-state index contributed by atoms with van der Waals surface area (Å²) in [5.74, 6) is 0.625. The average Bonchev–Trinajstić information content (AvgIpc) is 2.36. The van der Waals surface area contributed by atoms with Crippen molar-refractivity contribution in [2.45, 2.75) is 13.1 Å². The van der Waals surface area contributed by atoms with E-state index in [9.17, 15) is 0 Å². The third-order valence-electron chi connectivity index (χ3n) is 2.04. The summed E-state index contributed by atoms with van der Waals surface area (Å²) in [6.07, 6.45) is 0. The minimum atomic E-state index is 0.206. The Bertz CT molecular complexity index is 463. The molecule has 1 rings (SSSR count). The number of hydrogen-bond acceptors (Lipinski definition) is 3. The Kier molecular flexibility index (Phi) is 5.16. The third kappa shape index (κ3) is 3.57. The van der Waals surface area contributed by atoms with E-state index in [1.165, 1.54) is 7.11 Å². The van der Waals surface area contributed by atoms with Crippen molar-refractivity contribution in [3.05, 3.63) is 48.6 Å². The molecule has 88 valence electrons. The van der Waals surface area contributed by atoms with Gasteiger partial charge in [0, 0.05) is 14.3 Å². The SMILES string of the molecule is COc1cc(CN=[N+]=[N-])c(Br)c(CN=[N+]=[N-])c1. The summed E-state index contributed by atoms with van der Waals surface area (Å²) < 4.78 is 5.88. The maximum Gasteiger partial charge on any atom is 0.119 e. The van der Waals surface area contributed by atoms with Gasteiger partial charge < -0.3 is 4.74 Å². The van der Waals surface area contributed by atoms with Crippen molar-refractivity contribution in [1.82, 2.24) is 0 Å². The Hall–Kier alpha value is -1.88. The first-order valence-corrected chi connectivity index (χ1v) is 5.39. The summed E-state index contributed by atoms with van der Waals surface area (Å²) in [7, 11) is 1.54. The van der Waals surface area contributed by atoms with Crippen LogP contribution in [0.15, 0.2) is 26.8 Å². The van der Waals surface area contributed by atoms with Gasteiger partial charge in [0.25, 0.3) is 0 Å². The van der Waals surface area contributed by atoms with Gasteiger partial charge >= 0.3 is 0 Å². The molecule has 17 heavy (non-hydrogen) atoms. The second-order valence-corrected chi connectivity index (χ2v) is 3.83. The monoisotopic (exact) mass is 296 g/mol. The van der Waals surface area contributed by atoms with Gasteiger partial charge in [-0.1, -0.05) is 26.2 Å². The van der Waals surface area contributed by atoms with E-state index in [2.05, 4.69) is 36.0 Å². The van der Waals surface area contributed by atoms with E-state index in [1.54, 1.807) is 12.1 Å². The van der Waals surface area contributed by atoms with Crippen molar-refractivity contribution in [3.8, 4) is 5.75 Å². The van der Waals surface area contributed by atoms with Gasteiger partial charge in [0.2, 0.25) is 0 Å². The van der Waals surface area contributed by atoms with Gasteiger partial charge in [-0.25, -0.2) is 0 Å². The normalized spacial score (nSPS) is 9.06. The summed E-state index contributed by atoms with van der Waals surface area (Å²) in [6, 6.07) is 3.52. The second kappa shape index (κ2) is 6.65. The topological polar surface area (TPSA) is 107 Å². The summed E-state index contributed by atoms with van der Waals surface area (Å²) in [5, 5.41) is 6.98. The molecule has 0 aromatic heterocycles. The molecule has 0 heterocycles. The lowest BCUT2D eigenvalue weighted by Gasteiger charge is -2.09. The smallest absolute Gasteiger partial charge is 0.119 e. The highest BCUT2D eigenvalue weighted by atomic mass is 79.9. The van der Waals surface area contributed by atoms with Crippen LogP contribution >= 0.6 is 15.9 Å². The molecule has 0 atom stereocenters. The fraction of sp³-hybridized carbons (Fsp3) is 0.333. The molecule has 0 aliphatic rings. The Labute approximate surface area is 106 Å². The third-order valence-corrected chi connectivity index (χ3v) is 3.06. The Morgan fingerprint density at radius 2 is 1.65 bits per heavy atom. The van der Waals surface area contributed by atoms with E-state index in [-0.39, 0.29) is 13.1 Å². The van der Waals surface area contributed by atoms with Gasteiger partial charge in [-0.2, -0.15) is 0 Å². The summed E-state index contributed by atoms with van der Waals surface area (Å²) in [6.45, 7) is 0.412. The van der Waals surface area contributed by atoms with E-state index in [0.29, 0.717) is 5.75 Å². The van der Waals surface area contributed by atoms with Crippen LogP contribution in [-0.2, 0) is 13.1 Å². The maximum atomic E-state index is 8.30. The molecule has 0 bridgehead atoms. The average molecular weight is 297 g/mol. The lowest BCUT2D eigenvalue weighted by Crippen LogP contribution is -1.93. The van der Waals surface area contributed by atoms with E-state index in [4.69, 9.17) is 15.8 Å². The molecule has 1 aromatic rings. The predicted octanol–water partition coefficient (Wildman–Crippen LogP) is 4.08. The van der Waals surface area contributed by atoms with Crippen LogP contribution in [0, 0.1) is 0 Å². The quantitative estimate of drug-likeness (QED) is 0.455. The lowest BCUT2D eigenvalue weighted by molar-refractivity contribution is 0.413. The number of methoxy groups -OCH3 is 1. The minimum Gasteiger partial charge on any atom is -0.497 e. The van der Waals surface area contributed by atoms with Gasteiger partial charge in [-0.15, -0.1) is 0 Å². The van der Waals surface area contributed by atoms with Crippen molar-refractivity contribution < 1.29 is 4.74 Å². The molecule has 0 fully saturated rings. The fourth-order valence-corrected chi connectivity index (χ4v) is 1.76. The maximum absolute atomic E-state index is 8.30. The molecular formula is C9H9BrN6O. The molecule has 0 saturated heterocycles. The molecular weight excluding hydrogens is 288 g/mol. The highest BCUT2D eigenvalue weighted by Gasteiger charge is 2.08. The predicted molar refractivity (Wildman–Crippen MR) is 66.4 cm³/mol. The zero-order chi connectivity index (χ0) is 12.7. The van der Waals surface area contributed by atoms with Crippen molar-refractivity contribution in [3.63, 3.8) is 0 Å². The standard InChI is InChI=1S/C9H9BrN6O/c1-17-8-2-6(4-13-15-11)9(10)7(3-8)5-14-16-12/h2-3H,4-5H2,1H3. The van der Waals surface area contributed by atoms with E-state index in [0.717, 1.165) is 15.6 Å². The summed E-state index contributed by atoms with van der Waals surface area (Å²) in [4.78, 5) is 5.40. The molecule has 0 N–H and O–H groups in total. The van der Waals surface area contributed by atoms with Crippen LogP contribution in [-0.4, -0.2) is 7.11 Å². The molecule has 0 aliphatic heterocycles. The van der Waals surface area contributed by atoms with Crippen LogP contribution in [0.3, 0.4) is 0 Å². The number of azide groups is 2. The number of rotatable bonds is 5. The van der Waals surface area contributed by atoms with Gasteiger partial charge in [0.05, 0.1) is 20.2 Å². The van der Waals surface area contributed by atoms with Gasteiger partial charge in [-0.05, 0) is 34.3 Å². The first-order chi connectivity index (χ1) is 8.22. The van der Waals surface area contributed by atoms with Gasteiger partial charge in [0.15, 0.2) is 0 Å². The number of halogens is 1. The fourth-order valence-electron chi connectivity index (χ4n) is 1.28. The van der Waals surface area contributed by atoms with E-state index in [1.807, 2.05) is 0 Å². The molecule has 7 nitrogen and oxygen atoms in total. The number of hydrogen-bond donors (Lipinski definition) is 0. The Morgan fingerprint density at radius 1 is 1.18 bits per heavy atom. The molecule has 0 unspecified atom stereocenters. The van der Waals surface area contributed by atoms with Crippen molar-refractivity contribution in [2.75, 3.05) is 7.11 Å². The van der Waals surface area contributed by atoms with Gasteiger partial charge in [0.1, 0.15) is 5.75 Å². The number of ether oxygens (including phenoxy) is 1. The molecule has 8 heteroatoms. The molecule has 0 aliphatic carbocycles. The number of nitrogens with zero attached hydrogens (tertiary/aromatic N) is 6. The molecule has 1 aromatic carbocycles. The number of benzene rings is 1. The second-order valence-electron chi connectivity index (χ2n) is 3.04. The van der Waals surface area contributed by atoms with Gasteiger partial charge in [-0.3, -0.25) is 0 Å². The molecule has 0 amide bonds. The van der Waals surface area contributed by atoms with E-state index >= 15 is 0 Å². The first-order valence-electron chi connectivity index (χ1n) is 4.60. The zero-order valence-electron chi connectivity index (χ0n) is 9.04. The minimum absolute atomic E-state index is 0.206. The lowest BCUT2D eigenvalue weighted by atomic mass is 10.1. The summed E-state index contributed by atoms with van der Waals surface area (Å²) in [5.41, 5.74) is 18.2. The zero-order valence-corrected chi connectivity index (χ0v) is 10.6. The summed E-state index contributed by atoms with van der Waals surface area (Å²) >= 11 is 3.38. The van der Waals surface area contributed by atoms with Crippen LogP contribution < -0.4 is 4.74 Å². The van der Waals surface area contributed by atoms with Crippen molar-refractivity contribution in [2.24, 2.45) is 10.2 Å². The van der Waals surface area contributed by atoms with E-state index < -0.39 is 0 Å². The van der Waals surface area contributed by atoms with Crippen LogP contribution in [0.1, 0.15) is 11.1 Å². The van der Waals surface area contributed by atoms with Crippen LogP contribution in [0.5, 0.6) is 5.75 Å². The molecule has 0 saturated carbocycles. The Morgan fingerprint density at radius 3 is 2.00 bits per heavy atom.